The third-order valence-electron chi connectivity index (χ3n) is 11.4. The van der Waals surface area contributed by atoms with Crippen LogP contribution < -0.4 is 10.6 Å². The lowest BCUT2D eigenvalue weighted by molar-refractivity contribution is -0.162. The molecule has 0 unspecified atom stereocenters. The molecule has 0 radical (unpaired) electrons. The van der Waals surface area contributed by atoms with Crippen molar-refractivity contribution in [3.63, 3.8) is 0 Å². The number of esters is 2. The van der Waals surface area contributed by atoms with Crippen molar-refractivity contribution in [3.8, 4) is 12.3 Å². The summed E-state index contributed by atoms with van der Waals surface area (Å²) in [6, 6.07) is 4.55. The summed E-state index contributed by atoms with van der Waals surface area (Å²) in [6.07, 6.45) is 5.71. The smallest absolute Gasteiger partial charge is 0.334 e. The van der Waals surface area contributed by atoms with E-state index in [1.807, 2.05) is 26.8 Å². The predicted molar refractivity (Wildman–Crippen MR) is 231 cm³/mol. The number of hydrogen-bond acceptors (Lipinski definition) is 10. The van der Waals surface area contributed by atoms with Crippen LogP contribution in [0.2, 0.25) is 0 Å². The lowest BCUT2D eigenvalue weighted by Crippen LogP contribution is -2.58. The van der Waals surface area contributed by atoms with Crippen molar-refractivity contribution in [1.82, 2.24) is 25.3 Å². The number of amides is 5. The highest BCUT2D eigenvalue weighted by Gasteiger charge is 2.38. The van der Waals surface area contributed by atoms with Crippen molar-refractivity contribution in [2.24, 2.45) is 17.8 Å². The van der Waals surface area contributed by atoms with E-state index in [4.69, 9.17) is 15.9 Å². The Morgan fingerprint density at radius 2 is 1.54 bits per heavy atom. The Morgan fingerprint density at radius 1 is 0.902 bits per heavy atom. The number of aliphatic hydroxyl groups is 1. The molecule has 0 aliphatic carbocycles. The molecule has 0 saturated carbocycles. The molecule has 3 N–H and O–H groups in total. The minimum atomic E-state index is -1.29. The molecule has 5 amide bonds. The van der Waals surface area contributed by atoms with Gasteiger partial charge in [-0.1, -0.05) is 77.4 Å². The number of nitrogens with one attached hydrogen (secondary N) is 2. The zero-order valence-corrected chi connectivity index (χ0v) is 37.9. The molecule has 15 heteroatoms. The summed E-state index contributed by atoms with van der Waals surface area (Å²) < 4.78 is 11.7. The Balaban J connectivity index is 2.67. The minimum Gasteiger partial charge on any atom is -0.460 e. The Labute approximate surface area is 362 Å². The summed E-state index contributed by atoms with van der Waals surface area (Å²) in [6.45, 7) is 13.0. The van der Waals surface area contributed by atoms with Crippen LogP contribution >= 0.6 is 0 Å². The van der Waals surface area contributed by atoms with Crippen LogP contribution in [0.4, 0.5) is 0 Å². The average molecular weight is 852 g/mol. The molecule has 0 bridgehead atoms. The third kappa shape index (κ3) is 15.6. The van der Waals surface area contributed by atoms with Crippen LogP contribution in [0.3, 0.4) is 0 Å². The van der Waals surface area contributed by atoms with Crippen molar-refractivity contribution in [1.29, 1.82) is 0 Å². The molecule has 1 aromatic carbocycles. The van der Waals surface area contributed by atoms with Crippen LogP contribution in [0, 0.1) is 30.1 Å². The number of rotatable bonds is 11. The first-order chi connectivity index (χ1) is 28.6. The topological polar surface area (TPSA) is 192 Å². The van der Waals surface area contributed by atoms with E-state index in [1.165, 1.54) is 62.7 Å². The van der Waals surface area contributed by atoms with Crippen molar-refractivity contribution in [2.75, 3.05) is 27.7 Å². The van der Waals surface area contributed by atoms with Gasteiger partial charge < -0.3 is 39.9 Å². The molecule has 2 rings (SSSR count). The maximum Gasteiger partial charge on any atom is 0.334 e. The second-order valence-corrected chi connectivity index (χ2v) is 16.8. The van der Waals surface area contributed by atoms with Gasteiger partial charge in [0.15, 0.2) is 6.10 Å². The SMILES string of the molecule is C#CCCC[C@@H](O)[C@@H](C)[C@@H]1C/C=C(/C)C(=O)O[C@H](CC(C)C)C(=O)N[C@@H](C)C(=O)N(C)[C@H](Cc2ccccc2)C(=O)N(C)CC(=O)N[C@@H]([C@H](C)CC)C(=O)N(C)[C@@H](C)C(=O)O1. The lowest BCUT2D eigenvalue weighted by atomic mass is 9.91. The van der Waals surface area contributed by atoms with Gasteiger partial charge in [-0.25, -0.2) is 9.59 Å². The van der Waals surface area contributed by atoms with Gasteiger partial charge in [-0.15, -0.1) is 12.3 Å². The monoisotopic (exact) mass is 852 g/mol. The van der Waals surface area contributed by atoms with Crippen molar-refractivity contribution in [3.05, 3.63) is 47.5 Å². The summed E-state index contributed by atoms with van der Waals surface area (Å²) in [7, 11) is 4.29. The zero-order chi connectivity index (χ0) is 46.1. The van der Waals surface area contributed by atoms with E-state index in [2.05, 4.69) is 16.6 Å². The fourth-order valence-electron chi connectivity index (χ4n) is 6.85. The van der Waals surface area contributed by atoms with E-state index < -0.39 is 96.4 Å². The van der Waals surface area contributed by atoms with Crippen LogP contribution in [-0.2, 0) is 49.5 Å². The van der Waals surface area contributed by atoms with Gasteiger partial charge in [0, 0.05) is 51.9 Å². The molecule has 9 atom stereocenters. The zero-order valence-electron chi connectivity index (χ0n) is 37.9. The van der Waals surface area contributed by atoms with Crippen molar-refractivity contribution >= 4 is 41.5 Å². The van der Waals surface area contributed by atoms with Gasteiger partial charge in [-0.3, -0.25) is 24.0 Å². The second-order valence-electron chi connectivity index (χ2n) is 16.8. The number of hydrogen-bond donors (Lipinski definition) is 3. The Morgan fingerprint density at radius 3 is 2.13 bits per heavy atom. The van der Waals surface area contributed by atoms with Crippen LogP contribution in [0.25, 0.3) is 0 Å². The fraction of sp³-hybridized carbons (Fsp3) is 0.630. The molecule has 15 nitrogen and oxygen atoms in total. The van der Waals surface area contributed by atoms with E-state index in [9.17, 15) is 38.7 Å². The van der Waals surface area contributed by atoms with Crippen LogP contribution in [0.15, 0.2) is 42.0 Å². The molecule has 0 fully saturated rings. The average Bonchev–Trinajstić information content (AvgIpc) is 3.23. The first kappa shape index (κ1) is 51.9. The number of carbonyl (C=O) groups is 7. The summed E-state index contributed by atoms with van der Waals surface area (Å²) in [4.78, 5) is 100. The standard InChI is InChI=1S/C46H69N5O10/c1-13-15-17-22-36(52)31(7)37-24-23-30(6)45(58)61-38(25-28(3)4)41(54)47-32(8)42(55)51(12)35(26-34-20-18-16-19-21-34)43(56)49(10)27-39(53)48-40(29(5)14-2)44(57)50(11)33(9)46(59)60-37/h1,16,18-21,23,28-29,31-33,35-38,40,52H,14-15,17,22,24-27H2,2-12H3,(H,47,54)(H,48,53)/b30-23-/t29-,31-,32+,33+,35-,36-,37+,38-,40+/m1/s1. The molecule has 1 heterocycles. The first-order valence-electron chi connectivity index (χ1n) is 21.3. The van der Waals surface area contributed by atoms with Gasteiger partial charge in [0.2, 0.25) is 23.6 Å². The molecule has 1 aliphatic heterocycles. The van der Waals surface area contributed by atoms with Gasteiger partial charge >= 0.3 is 11.9 Å². The molecule has 1 aliphatic rings. The molecule has 0 saturated heterocycles. The number of benzene rings is 1. The molecule has 338 valence electrons. The van der Waals surface area contributed by atoms with E-state index in [1.54, 1.807) is 38.1 Å². The van der Waals surface area contributed by atoms with E-state index in [0.717, 1.165) is 5.56 Å². The number of terminal acetylenes is 1. The number of carbonyl (C=O) groups excluding carboxylic acids is 7. The van der Waals surface area contributed by atoms with Crippen LogP contribution in [-0.4, -0.2) is 131 Å². The lowest BCUT2D eigenvalue weighted by Gasteiger charge is -2.34. The number of likely N-dealkylation sites (N-methyl/N-ethyl adjacent to an activating group) is 3. The quantitative estimate of drug-likeness (QED) is 0.169. The van der Waals surface area contributed by atoms with Crippen LogP contribution in [0.5, 0.6) is 0 Å². The van der Waals surface area contributed by atoms with Gasteiger partial charge in [-0.2, -0.15) is 0 Å². The largest absolute Gasteiger partial charge is 0.460 e. The normalized spacial score (nSPS) is 26.2. The first-order valence-corrected chi connectivity index (χ1v) is 21.3. The highest BCUT2D eigenvalue weighted by Crippen LogP contribution is 2.23. The Hall–Kier alpha value is -5.23. The van der Waals surface area contributed by atoms with Gasteiger partial charge in [0.1, 0.15) is 30.3 Å². The van der Waals surface area contributed by atoms with E-state index >= 15 is 0 Å². The van der Waals surface area contributed by atoms with E-state index in [-0.39, 0.29) is 36.7 Å². The number of nitrogens with zero attached hydrogens (tertiary/aromatic N) is 3. The van der Waals surface area contributed by atoms with Gasteiger partial charge in [0.25, 0.3) is 5.91 Å². The highest BCUT2D eigenvalue weighted by molar-refractivity contribution is 5.96. The third-order valence-corrected chi connectivity index (χ3v) is 11.4. The number of unbranched alkanes of at least 4 members (excludes halogenated alkanes) is 1. The highest BCUT2D eigenvalue weighted by atomic mass is 16.6. The summed E-state index contributed by atoms with van der Waals surface area (Å²) in [5.74, 6) is -3.25. The molecule has 0 spiro atoms. The van der Waals surface area contributed by atoms with Crippen LogP contribution in [0.1, 0.15) is 99.5 Å². The molecule has 1 aromatic rings. The number of cyclic esters (lactones) is 2. The predicted octanol–water partition coefficient (Wildman–Crippen LogP) is 3.42. The molecular weight excluding hydrogens is 783 g/mol. The molecule has 61 heavy (non-hydrogen) atoms. The maximum atomic E-state index is 14.2. The molecular formula is C46H69N5O10. The minimum absolute atomic E-state index is 0.0225. The van der Waals surface area contributed by atoms with Gasteiger partial charge in [-0.05, 0) is 57.4 Å². The number of ether oxygens (including phenoxy) is 2. The molecule has 0 aromatic heterocycles. The maximum absolute atomic E-state index is 14.2. The van der Waals surface area contributed by atoms with E-state index in [0.29, 0.717) is 25.7 Å². The Kier molecular flexibility index (Phi) is 21.2. The summed E-state index contributed by atoms with van der Waals surface area (Å²) in [5.41, 5.74) is 0.847. The van der Waals surface area contributed by atoms with Crippen molar-refractivity contribution in [2.45, 2.75) is 143 Å². The Bertz CT molecular complexity index is 1740. The fourth-order valence-corrected chi connectivity index (χ4v) is 6.85. The second kappa shape index (κ2) is 24.9. The summed E-state index contributed by atoms with van der Waals surface area (Å²) in [5, 5.41) is 16.5. The summed E-state index contributed by atoms with van der Waals surface area (Å²) >= 11 is 0. The number of aliphatic hydroxyl groups excluding tert-OH is 1. The van der Waals surface area contributed by atoms with Gasteiger partial charge in [0.05, 0.1) is 12.6 Å². The van der Waals surface area contributed by atoms with Crippen molar-refractivity contribution < 1.29 is 48.1 Å².